The number of aliphatic hydroxyl groups excluding tert-OH is 1. The molecule has 1 aliphatic heterocycles. The number of carbonyl (C=O) groups excluding carboxylic acids is 1. The number of nitrogens with zero attached hydrogens (tertiary/aromatic N) is 1. The van der Waals surface area contributed by atoms with Gasteiger partial charge in [-0.3, -0.25) is 9.69 Å². The van der Waals surface area contributed by atoms with E-state index in [0.717, 1.165) is 19.5 Å². The van der Waals surface area contributed by atoms with Gasteiger partial charge in [0.05, 0.1) is 6.10 Å². The maximum Gasteiger partial charge on any atom is 0.237 e. The van der Waals surface area contributed by atoms with Crippen LogP contribution in [0.15, 0.2) is 0 Å². The van der Waals surface area contributed by atoms with Crippen molar-refractivity contribution in [3.8, 4) is 0 Å². The van der Waals surface area contributed by atoms with Crippen LogP contribution in [0, 0.1) is 5.41 Å². The van der Waals surface area contributed by atoms with E-state index >= 15 is 0 Å². The Hall–Kier alpha value is -0.610. The van der Waals surface area contributed by atoms with E-state index in [-0.39, 0.29) is 5.41 Å². The molecule has 0 saturated carbocycles. The lowest BCUT2D eigenvalue weighted by Gasteiger charge is -2.40. The molecule has 0 aromatic rings. The van der Waals surface area contributed by atoms with Crippen molar-refractivity contribution in [3.05, 3.63) is 0 Å². The van der Waals surface area contributed by atoms with Crippen LogP contribution >= 0.6 is 0 Å². The van der Waals surface area contributed by atoms with E-state index in [9.17, 15) is 9.90 Å². The largest absolute Gasteiger partial charge is 0.391 e. The molecule has 15 heavy (non-hydrogen) atoms. The topological polar surface area (TPSA) is 66.6 Å². The normalized spacial score (nSPS) is 29.1. The summed E-state index contributed by atoms with van der Waals surface area (Å²) in [6, 6.07) is -0.502. The molecule has 3 N–H and O–H groups in total. The third-order valence-corrected chi connectivity index (χ3v) is 2.67. The van der Waals surface area contributed by atoms with Gasteiger partial charge < -0.3 is 10.8 Å². The molecule has 1 amide bonds. The van der Waals surface area contributed by atoms with Gasteiger partial charge in [-0.25, -0.2) is 0 Å². The van der Waals surface area contributed by atoms with Crippen molar-refractivity contribution in [1.82, 2.24) is 4.90 Å². The van der Waals surface area contributed by atoms with Crippen LogP contribution in [0.4, 0.5) is 0 Å². The predicted molar refractivity (Wildman–Crippen MR) is 59.3 cm³/mol. The van der Waals surface area contributed by atoms with Gasteiger partial charge in [-0.05, 0) is 24.8 Å². The molecule has 0 aromatic carbocycles. The quantitative estimate of drug-likeness (QED) is 0.696. The van der Waals surface area contributed by atoms with Gasteiger partial charge in [0.25, 0.3) is 0 Å². The highest BCUT2D eigenvalue weighted by Crippen LogP contribution is 2.23. The van der Waals surface area contributed by atoms with Gasteiger partial charge in [0.15, 0.2) is 0 Å². The van der Waals surface area contributed by atoms with Crippen molar-refractivity contribution in [2.24, 2.45) is 11.1 Å². The summed E-state index contributed by atoms with van der Waals surface area (Å²) in [6.07, 6.45) is 1.01. The van der Waals surface area contributed by atoms with Gasteiger partial charge in [-0.1, -0.05) is 20.8 Å². The van der Waals surface area contributed by atoms with Gasteiger partial charge in [-0.15, -0.1) is 0 Å². The van der Waals surface area contributed by atoms with E-state index in [4.69, 9.17) is 5.73 Å². The highest BCUT2D eigenvalue weighted by Gasteiger charge is 2.35. The molecule has 0 aromatic heterocycles. The number of carbonyl (C=O) groups is 1. The first kappa shape index (κ1) is 12.5. The molecule has 0 aliphatic carbocycles. The van der Waals surface area contributed by atoms with E-state index in [2.05, 4.69) is 20.8 Å². The molecule has 2 atom stereocenters. The van der Waals surface area contributed by atoms with Crippen molar-refractivity contribution in [3.63, 3.8) is 0 Å². The van der Waals surface area contributed by atoms with E-state index in [0.29, 0.717) is 6.42 Å². The van der Waals surface area contributed by atoms with E-state index in [1.807, 2.05) is 4.90 Å². The van der Waals surface area contributed by atoms with Crippen LogP contribution in [0.5, 0.6) is 0 Å². The molecule has 0 radical (unpaired) electrons. The summed E-state index contributed by atoms with van der Waals surface area (Å²) < 4.78 is 0. The van der Waals surface area contributed by atoms with E-state index in [1.165, 1.54) is 0 Å². The van der Waals surface area contributed by atoms with Crippen LogP contribution in [0.3, 0.4) is 0 Å². The number of likely N-dealkylation sites (tertiary alicyclic amines) is 1. The molecule has 1 saturated heterocycles. The van der Waals surface area contributed by atoms with E-state index in [1.54, 1.807) is 0 Å². The Morgan fingerprint density at radius 3 is 2.60 bits per heavy atom. The summed E-state index contributed by atoms with van der Waals surface area (Å²) in [5.74, 6) is -0.411. The Morgan fingerprint density at radius 2 is 2.13 bits per heavy atom. The van der Waals surface area contributed by atoms with Crippen LogP contribution in [0.2, 0.25) is 0 Å². The number of rotatable bonds is 2. The van der Waals surface area contributed by atoms with Crippen molar-refractivity contribution < 1.29 is 9.90 Å². The first-order valence-corrected chi connectivity index (χ1v) is 5.53. The number of nitrogens with two attached hydrogens (primary N) is 1. The zero-order chi connectivity index (χ0) is 11.6. The summed E-state index contributed by atoms with van der Waals surface area (Å²) >= 11 is 0. The Kier molecular flexibility index (Phi) is 3.73. The van der Waals surface area contributed by atoms with Gasteiger partial charge in [0.2, 0.25) is 5.91 Å². The highest BCUT2D eigenvalue weighted by molar-refractivity contribution is 5.80. The highest BCUT2D eigenvalue weighted by atomic mass is 16.3. The maximum absolute atomic E-state index is 11.3. The minimum Gasteiger partial charge on any atom is -0.391 e. The molecule has 0 spiro atoms. The summed E-state index contributed by atoms with van der Waals surface area (Å²) in [5.41, 5.74) is 5.44. The molecular weight excluding hydrogens is 192 g/mol. The second kappa shape index (κ2) is 4.49. The number of hydrogen-bond donors (Lipinski definition) is 2. The minimum atomic E-state index is -0.599. The first-order valence-electron chi connectivity index (χ1n) is 5.53. The second-order valence-corrected chi connectivity index (χ2v) is 5.59. The smallest absolute Gasteiger partial charge is 0.237 e. The third kappa shape index (κ3) is 3.47. The lowest BCUT2D eigenvalue weighted by Crippen LogP contribution is -2.56. The SMILES string of the molecule is CC(C)(C)CN1CCCC(O)C1C(N)=O. The molecule has 4 nitrogen and oxygen atoms in total. The Morgan fingerprint density at radius 1 is 1.53 bits per heavy atom. The van der Waals surface area contributed by atoms with Crippen molar-refractivity contribution in [2.45, 2.75) is 45.8 Å². The number of amides is 1. The predicted octanol–water partition coefficient (Wildman–Crippen LogP) is 0.343. The summed E-state index contributed by atoms with van der Waals surface area (Å²) in [5, 5.41) is 9.76. The van der Waals surface area contributed by atoms with Gasteiger partial charge >= 0.3 is 0 Å². The van der Waals surface area contributed by atoms with Crippen LogP contribution in [-0.4, -0.2) is 41.1 Å². The fraction of sp³-hybridized carbons (Fsp3) is 0.909. The van der Waals surface area contributed by atoms with Gasteiger partial charge in [-0.2, -0.15) is 0 Å². The Bertz CT molecular complexity index is 235. The van der Waals surface area contributed by atoms with Crippen molar-refractivity contribution in [1.29, 1.82) is 0 Å². The van der Waals surface area contributed by atoms with Crippen LogP contribution in [0.1, 0.15) is 33.6 Å². The molecule has 1 rings (SSSR count). The molecule has 4 heteroatoms. The fourth-order valence-corrected chi connectivity index (χ4v) is 2.20. The average Bonchev–Trinajstić information content (AvgIpc) is 1.99. The minimum absolute atomic E-state index is 0.116. The molecule has 1 fully saturated rings. The van der Waals surface area contributed by atoms with Crippen LogP contribution in [-0.2, 0) is 4.79 Å². The number of hydrogen-bond acceptors (Lipinski definition) is 3. The van der Waals surface area contributed by atoms with Crippen molar-refractivity contribution >= 4 is 5.91 Å². The van der Waals surface area contributed by atoms with E-state index < -0.39 is 18.1 Å². The molecule has 0 bridgehead atoms. The lowest BCUT2D eigenvalue weighted by atomic mass is 9.91. The maximum atomic E-state index is 11.3. The van der Waals surface area contributed by atoms with Crippen molar-refractivity contribution in [2.75, 3.05) is 13.1 Å². The van der Waals surface area contributed by atoms with Gasteiger partial charge in [0, 0.05) is 6.54 Å². The Balaban J connectivity index is 2.71. The number of piperidine rings is 1. The third-order valence-electron chi connectivity index (χ3n) is 2.67. The lowest BCUT2D eigenvalue weighted by molar-refractivity contribution is -0.130. The summed E-state index contributed by atoms with van der Waals surface area (Å²) in [7, 11) is 0. The van der Waals surface area contributed by atoms with Crippen LogP contribution in [0.25, 0.3) is 0 Å². The number of primary amides is 1. The monoisotopic (exact) mass is 214 g/mol. The second-order valence-electron chi connectivity index (χ2n) is 5.59. The average molecular weight is 214 g/mol. The zero-order valence-electron chi connectivity index (χ0n) is 9.86. The van der Waals surface area contributed by atoms with Gasteiger partial charge in [0.1, 0.15) is 6.04 Å². The zero-order valence-corrected chi connectivity index (χ0v) is 9.86. The molecule has 1 aliphatic rings. The molecule has 88 valence electrons. The summed E-state index contributed by atoms with van der Waals surface area (Å²) in [4.78, 5) is 13.3. The standard InChI is InChI=1S/C11H22N2O2/c1-11(2,3)7-13-6-4-5-8(14)9(13)10(12)15/h8-9,14H,4-7H2,1-3H3,(H2,12,15). The van der Waals surface area contributed by atoms with Crippen LogP contribution < -0.4 is 5.73 Å². The molecular formula is C11H22N2O2. The molecule has 1 heterocycles. The fourth-order valence-electron chi connectivity index (χ4n) is 2.20. The summed E-state index contributed by atoms with van der Waals surface area (Å²) in [6.45, 7) is 7.99. The first-order chi connectivity index (χ1) is 6.81. The molecule has 2 unspecified atom stereocenters. The number of aliphatic hydroxyl groups is 1. The Labute approximate surface area is 91.4 Å².